The molecule has 3 heteroatoms. The maximum absolute atomic E-state index is 11.4. The molecule has 0 atom stereocenters. The molecule has 0 N–H and O–H groups in total. The number of fused-ring (bicyclic) bond motifs is 1. The first-order valence-electron chi connectivity index (χ1n) is 3.87. The van der Waals surface area contributed by atoms with Crippen LogP contribution in [0.5, 0.6) is 0 Å². The van der Waals surface area contributed by atoms with E-state index in [2.05, 4.69) is 0 Å². The number of aryl methyl sites for hydroxylation is 1. The molecule has 0 amide bonds. The number of halogens is 1. The summed E-state index contributed by atoms with van der Waals surface area (Å²) in [6.07, 6.45) is 0. The van der Waals surface area contributed by atoms with Crippen LogP contribution in [0.15, 0.2) is 33.5 Å². The highest BCUT2D eigenvalue weighted by Crippen LogP contribution is 2.17. The molecule has 0 unspecified atom stereocenters. The third kappa shape index (κ3) is 1.45. The molecule has 1 aromatic heterocycles. The van der Waals surface area contributed by atoms with Crippen molar-refractivity contribution >= 4 is 22.6 Å². The Morgan fingerprint density at radius 2 is 2.08 bits per heavy atom. The summed E-state index contributed by atoms with van der Waals surface area (Å²) in [7, 11) is 0. The maximum atomic E-state index is 11.4. The average Bonchev–Trinajstić information content (AvgIpc) is 2.02. The Morgan fingerprint density at radius 1 is 1.31 bits per heavy atom. The van der Waals surface area contributed by atoms with Crippen molar-refractivity contribution in [2.24, 2.45) is 0 Å². The Balaban J connectivity index is 2.95. The van der Waals surface area contributed by atoms with Gasteiger partial charge >= 0.3 is 0 Å². The summed E-state index contributed by atoms with van der Waals surface area (Å²) >= 11 is 5.76. The van der Waals surface area contributed by atoms with E-state index < -0.39 is 0 Å². The molecule has 2 nitrogen and oxygen atoms in total. The third-order valence-electron chi connectivity index (χ3n) is 1.81. The minimum absolute atomic E-state index is 0.0320. The van der Waals surface area contributed by atoms with Crippen molar-refractivity contribution in [2.75, 3.05) is 0 Å². The van der Waals surface area contributed by atoms with Crippen molar-refractivity contribution < 1.29 is 4.42 Å². The van der Waals surface area contributed by atoms with E-state index >= 15 is 0 Å². The Bertz CT molecular complexity index is 509. The van der Waals surface area contributed by atoms with Gasteiger partial charge in [-0.2, -0.15) is 0 Å². The molecule has 0 bridgehead atoms. The zero-order valence-corrected chi connectivity index (χ0v) is 7.76. The summed E-state index contributed by atoms with van der Waals surface area (Å²) in [6, 6.07) is 6.46. The highest BCUT2D eigenvalue weighted by Gasteiger charge is 2.01. The van der Waals surface area contributed by atoms with Crippen LogP contribution >= 0.6 is 11.6 Å². The molecule has 0 aliphatic carbocycles. The lowest BCUT2D eigenvalue weighted by Crippen LogP contribution is -1.99. The summed E-state index contributed by atoms with van der Waals surface area (Å²) in [5.74, 6) is 0.597. The molecule has 0 aliphatic rings. The van der Waals surface area contributed by atoms with Crippen molar-refractivity contribution in [3.05, 3.63) is 45.3 Å². The predicted molar refractivity (Wildman–Crippen MR) is 52.2 cm³/mol. The molecule has 13 heavy (non-hydrogen) atoms. The molecule has 1 aromatic carbocycles. The monoisotopic (exact) mass is 194 g/mol. The van der Waals surface area contributed by atoms with E-state index in [9.17, 15) is 4.79 Å². The minimum atomic E-state index is -0.0320. The van der Waals surface area contributed by atoms with Gasteiger partial charge in [0.1, 0.15) is 11.3 Å². The second-order valence-corrected chi connectivity index (χ2v) is 3.30. The molecule has 0 spiro atoms. The second-order valence-electron chi connectivity index (χ2n) is 2.86. The maximum Gasteiger partial charge on any atom is 0.192 e. The molecular formula is C10H7ClO2. The zero-order chi connectivity index (χ0) is 9.42. The summed E-state index contributed by atoms with van der Waals surface area (Å²) < 4.78 is 5.34. The normalized spacial score (nSPS) is 10.6. The molecular weight excluding hydrogens is 188 g/mol. The summed E-state index contributed by atoms with van der Waals surface area (Å²) in [5.41, 5.74) is 0.507. The molecule has 66 valence electrons. The van der Waals surface area contributed by atoms with Gasteiger partial charge in [-0.3, -0.25) is 4.79 Å². The largest absolute Gasteiger partial charge is 0.461 e. The van der Waals surface area contributed by atoms with Crippen LogP contribution in [-0.2, 0) is 0 Å². The van der Waals surface area contributed by atoms with Gasteiger partial charge in [-0.25, -0.2) is 0 Å². The van der Waals surface area contributed by atoms with Crippen LogP contribution in [0.2, 0.25) is 5.02 Å². The number of hydrogen-bond acceptors (Lipinski definition) is 2. The fourth-order valence-electron chi connectivity index (χ4n) is 1.25. The van der Waals surface area contributed by atoms with Crippen molar-refractivity contribution in [1.82, 2.24) is 0 Å². The van der Waals surface area contributed by atoms with Crippen LogP contribution in [0.3, 0.4) is 0 Å². The van der Waals surface area contributed by atoms with Crippen molar-refractivity contribution in [3.63, 3.8) is 0 Å². The van der Waals surface area contributed by atoms with Gasteiger partial charge in [-0.15, -0.1) is 0 Å². The van der Waals surface area contributed by atoms with Crippen molar-refractivity contribution in [3.8, 4) is 0 Å². The third-order valence-corrected chi connectivity index (χ3v) is 2.05. The van der Waals surface area contributed by atoms with Gasteiger partial charge in [-0.1, -0.05) is 11.6 Å². The molecule has 0 radical (unpaired) electrons. The van der Waals surface area contributed by atoms with E-state index in [0.29, 0.717) is 21.8 Å². The van der Waals surface area contributed by atoms with E-state index in [1.165, 1.54) is 6.07 Å². The summed E-state index contributed by atoms with van der Waals surface area (Å²) in [4.78, 5) is 11.4. The Labute approximate surface area is 79.7 Å². The molecule has 0 fully saturated rings. The average molecular weight is 195 g/mol. The van der Waals surface area contributed by atoms with Crippen LogP contribution in [0.1, 0.15) is 5.76 Å². The highest BCUT2D eigenvalue weighted by molar-refractivity contribution is 6.31. The minimum Gasteiger partial charge on any atom is -0.461 e. The lowest BCUT2D eigenvalue weighted by Gasteiger charge is -1.97. The first kappa shape index (κ1) is 8.32. The highest BCUT2D eigenvalue weighted by atomic mass is 35.5. The van der Waals surface area contributed by atoms with Crippen LogP contribution in [-0.4, -0.2) is 0 Å². The molecule has 2 rings (SSSR count). The van der Waals surface area contributed by atoms with E-state index in [1.54, 1.807) is 25.1 Å². The lowest BCUT2D eigenvalue weighted by atomic mass is 10.2. The SMILES string of the molecule is Cc1cc(=O)c2ccc(Cl)cc2o1. The van der Waals surface area contributed by atoms with E-state index in [-0.39, 0.29) is 5.43 Å². The Kier molecular flexibility index (Phi) is 1.85. The first-order valence-corrected chi connectivity index (χ1v) is 4.24. The van der Waals surface area contributed by atoms with Crippen LogP contribution < -0.4 is 5.43 Å². The van der Waals surface area contributed by atoms with Gasteiger partial charge in [0.15, 0.2) is 5.43 Å². The first-order chi connectivity index (χ1) is 6.16. The predicted octanol–water partition coefficient (Wildman–Crippen LogP) is 2.75. The number of hydrogen-bond donors (Lipinski definition) is 0. The Morgan fingerprint density at radius 3 is 2.85 bits per heavy atom. The topological polar surface area (TPSA) is 30.2 Å². The smallest absolute Gasteiger partial charge is 0.192 e. The van der Waals surface area contributed by atoms with Gasteiger partial charge in [0.05, 0.1) is 5.39 Å². The molecule has 0 aliphatic heterocycles. The van der Waals surface area contributed by atoms with Gasteiger partial charge in [-0.05, 0) is 19.1 Å². The van der Waals surface area contributed by atoms with E-state index in [4.69, 9.17) is 16.0 Å². The molecule has 0 saturated carbocycles. The van der Waals surface area contributed by atoms with Gasteiger partial charge in [0.25, 0.3) is 0 Å². The molecule has 1 heterocycles. The van der Waals surface area contributed by atoms with Crippen molar-refractivity contribution in [2.45, 2.75) is 6.92 Å². The standard InChI is InChI=1S/C10H7ClO2/c1-6-4-9(12)8-3-2-7(11)5-10(8)13-6/h2-5H,1H3. The quantitative estimate of drug-likeness (QED) is 0.646. The fraction of sp³-hybridized carbons (Fsp3) is 0.100. The van der Waals surface area contributed by atoms with Crippen LogP contribution in [0, 0.1) is 6.92 Å². The van der Waals surface area contributed by atoms with E-state index in [0.717, 1.165) is 0 Å². The van der Waals surface area contributed by atoms with E-state index in [1.807, 2.05) is 0 Å². The number of rotatable bonds is 0. The Hall–Kier alpha value is -1.28. The molecule has 2 aromatic rings. The summed E-state index contributed by atoms with van der Waals surface area (Å²) in [6.45, 7) is 1.74. The fourth-order valence-corrected chi connectivity index (χ4v) is 1.41. The van der Waals surface area contributed by atoms with Gasteiger partial charge < -0.3 is 4.42 Å². The second kappa shape index (κ2) is 2.89. The van der Waals surface area contributed by atoms with Gasteiger partial charge in [0.2, 0.25) is 0 Å². The number of benzene rings is 1. The van der Waals surface area contributed by atoms with Crippen LogP contribution in [0.4, 0.5) is 0 Å². The van der Waals surface area contributed by atoms with Gasteiger partial charge in [0, 0.05) is 17.2 Å². The van der Waals surface area contributed by atoms with Crippen molar-refractivity contribution in [1.29, 1.82) is 0 Å². The summed E-state index contributed by atoms with van der Waals surface area (Å²) in [5, 5.41) is 1.14. The zero-order valence-electron chi connectivity index (χ0n) is 7.00. The lowest BCUT2D eigenvalue weighted by molar-refractivity contribution is 0.565. The molecule has 0 saturated heterocycles. The van der Waals surface area contributed by atoms with Crippen LogP contribution in [0.25, 0.3) is 11.0 Å².